The van der Waals surface area contributed by atoms with Gasteiger partial charge >= 0.3 is 0 Å². The first kappa shape index (κ1) is 19.1. The Labute approximate surface area is 141 Å². The zero-order valence-electron chi connectivity index (χ0n) is 14.8. The highest BCUT2D eigenvalue weighted by Crippen LogP contribution is 2.14. The van der Waals surface area contributed by atoms with E-state index >= 15 is 0 Å². The van der Waals surface area contributed by atoms with E-state index in [0.29, 0.717) is 26.2 Å². The standard InChI is InChI=1S/C15H32N4O3S/c1-15(2)22-14-4-5-17-8-12-19(13-9-17)23(20,21)18-10-6-16(3)7-11-18/h15H,4-14H2,1-3H3. The molecule has 0 aromatic heterocycles. The van der Waals surface area contributed by atoms with Crippen molar-refractivity contribution in [2.75, 3.05) is 72.6 Å². The maximum Gasteiger partial charge on any atom is 0.282 e. The molecule has 0 unspecified atom stereocenters. The van der Waals surface area contributed by atoms with Gasteiger partial charge in [0.25, 0.3) is 10.2 Å². The lowest BCUT2D eigenvalue weighted by atomic mass is 10.3. The van der Waals surface area contributed by atoms with Crippen LogP contribution in [0.15, 0.2) is 0 Å². The van der Waals surface area contributed by atoms with Gasteiger partial charge in [-0.1, -0.05) is 0 Å². The van der Waals surface area contributed by atoms with Crippen LogP contribution in [0.2, 0.25) is 0 Å². The maximum atomic E-state index is 12.7. The molecule has 0 radical (unpaired) electrons. The highest BCUT2D eigenvalue weighted by Gasteiger charge is 2.33. The van der Waals surface area contributed by atoms with Crippen molar-refractivity contribution in [3.05, 3.63) is 0 Å². The second-order valence-corrected chi connectivity index (χ2v) is 8.65. The number of nitrogens with zero attached hydrogens (tertiary/aromatic N) is 4. The molecule has 0 atom stereocenters. The second-order valence-electron chi connectivity index (χ2n) is 6.72. The maximum absolute atomic E-state index is 12.7. The summed E-state index contributed by atoms with van der Waals surface area (Å²) < 4.78 is 34.2. The Kier molecular flexibility index (Phi) is 7.24. The molecular weight excluding hydrogens is 316 g/mol. The zero-order chi connectivity index (χ0) is 16.9. The number of likely N-dealkylation sites (N-methyl/N-ethyl adjacent to an activating group) is 1. The fourth-order valence-corrected chi connectivity index (χ4v) is 4.55. The minimum absolute atomic E-state index is 0.278. The van der Waals surface area contributed by atoms with Crippen molar-refractivity contribution in [1.29, 1.82) is 0 Å². The molecule has 2 saturated heterocycles. The van der Waals surface area contributed by atoms with E-state index in [0.717, 1.165) is 45.8 Å². The van der Waals surface area contributed by atoms with Crippen LogP contribution < -0.4 is 0 Å². The van der Waals surface area contributed by atoms with Crippen LogP contribution in [-0.2, 0) is 14.9 Å². The molecule has 2 fully saturated rings. The molecule has 0 N–H and O–H groups in total. The first-order chi connectivity index (χ1) is 10.9. The van der Waals surface area contributed by atoms with Gasteiger partial charge in [0, 0.05) is 65.5 Å². The van der Waals surface area contributed by atoms with Crippen LogP contribution in [0.4, 0.5) is 0 Å². The number of piperazine rings is 2. The van der Waals surface area contributed by atoms with Gasteiger partial charge in [0.1, 0.15) is 0 Å². The molecule has 0 aromatic carbocycles. The largest absolute Gasteiger partial charge is 0.379 e. The fourth-order valence-electron chi connectivity index (χ4n) is 2.97. The first-order valence-corrected chi connectivity index (χ1v) is 10.1. The summed E-state index contributed by atoms with van der Waals surface area (Å²) in [4.78, 5) is 4.50. The van der Waals surface area contributed by atoms with Crippen LogP contribution in [0.3, 0.4) is 0 Å². The molecule has 2 heterocycles. The van der Waals surface area contributed by atoms with Crippen LogP contribution in [0.25, 0.3) is 0 Å². The predicted molar refractivity (Wildman–Crippen MR) is 91.7 cm³/mol. The molecule has 0 aromatic rings. The van der Waals surface area contributed by atoms with Crippen LogP contribution in [0.1, 0.15) is 20.3 Å². The molecule has 0 saturated carbocycles. The lowest BCUT2D eigenvalue weighted by molar-refractivity contribution is 0.0673. The first-order valence-electron chi connectivity index (χ1n) is 8.67. The summed E-state index contributed by atoms with van der Waals surface area (Å²) >= 11 is 0. The summed E-state index contributed by atoms with van der Waals surface area (Å²) in [5, 5.41) is 0. The highest BCUT2D eigenvalue weighted by molar-refractivity contribution is 7.86. The van der Waals surface area contributed by atoms with Crippen molar-refractivity contribution in [3.8, 4) is 0 Å². The van der Waals surface area contributed by atoms with Crippen LogP contribution in [0.5, 0.6) is 0 Å². The van der Waals surface area contributed by atoms with Gasteiger partial charge in [-0.3, -0.25) is 0 Å². The van der Waals surface area contributed by atoms with Crippen molar-refractivity contribution in [1.82, 2.24) is 18.4 Å². The summed E-state index contributed by atoms with van der Waals surface area (Å²) in [7, 11) is -1.25. The monoisotopic (exact) mass is 348 g/mol. The van der Waals surface area contributed by atoms with E-state index in [1.807, 2.05) is 20.9 Å². The van der Waals surface area contributed by atoms with Crippen molar-refractivity contribution in [3.63, 3.8) is 0 Å². The van der Waals surface area contributed by atoms with E-state index in [1.165, 1.54) is 0 Å². The van der Waals surface area contributed by atoms with Gasteiger partial charge in [-0.25, -0.2) is 0 Å². The van der Waals surface area contributed by atoms with E-state index in [2.05, 4.69) is 9.80 Å². The van der Waals surface area contributed by atoms with Gasteiger partial charge in [0.15, 0.2) is 0 Å². The quantitative estimate of drug-likeness (QED) is 0.602. The van der Waals surface area contributed by atoms with Gasteiger partial charge in [-0.05, 0) is 27.3 Å². The van der Waals surface area contributed by atoms with Crippen molar-refractivity contribution in [2.24, 2.45) is 0 Å². The molecule has 7 nitrogen and oxygen atoms in total. The molecule has 2 aliphatic heterocycles. The Morgan fingerprint density at radius 1 is 0.913 bits per heavy atom. The van der Waals surface area contributed by atoms with Crippen molar-refractivity contribution in [2.45, 2.75) is 26.4 Å². The fraction of sp³-hybridized carbons (Fsp3) is 1.00. The van der Waals surface area contributed by atoms with E-state index in [9.17, 15) is 8.42 Å². The number of hydrogen-bond acceptors (Lipinski definition) is 5. The number of rotatable bonds is 7. The minimum Gasteiger partial charge on any atom is -0.379 e. The molecule has 0 spiro atoms. The summed E-state index contributed by atoms with van der Waals surface area (Å²) in [5.41, 5.74) is 0. The van der Waals surface area contributed by atoms with E-state index in [-0.39, 0.29) is 6.10 Å². The number of ether oxygens (including phenoxy) is 1. The summed E-state index contributed by atoms with van der Waals surface area (Å²) in [6.45, 7) is 11.5. The lowest BCUT2D eigenvalue weighted by Gasteiger charge is -2.39. The Hall–Kier alpha value is -0.250. The molecule has 23 heavy (non-hydrogen) atoms. The normalized spacial score (nSPS) is 23.7. The third-order valence-electron chi connectivity index (χ3n) is 4.52. The minimum atomic E-state index is -3.28. The third kappa shape index (κ3) is 5.65. The smallest absolute Gasteiger partial charge is 0.282 e. The van der Waals surface area contributed by atoms with Crippen LogP contribution in [0, 0.1) is 0 Å². The van der Waals surface area contributed by atoms with Gasteiger partial charge in [0.2, 0.25) is 0 Å². The molecular formula is C15H32N4O3S. The molecule has 136 valence electrons. The van der Waals surface area contributed by atoms with Crippen molar-refractivity contribution < 1.29 is 13.2 Å². The van der Waals surface area contributed by atoms with Gasteiger partial charge in [-0.15, -0.1) is 0 Å². The second kappa shape index (κ2) is 8.73. The topological polar surface area (TPSA) is 56.3 Å². The van der Waals surface area contributed by atoms with E-state index in [4.69, 9.17) is 4.74 Å². The van der Waals surface area contributed by atoms with Crippen LogP contribution in [-0.4, -0.2) is 105 Å². The summed E-state index contributed by atoms with van der Waals surface area (Å²) in [5.74, 6) is 0. The molecule has 2 aliphatic rings. The highest BCUT2D eigenvalue weighted by atomic mass is 32.2. The van der Waals surface area contributed by atoms with Gasteiger partial charge < -0.3 is 14.5 Å². The van der Waals surface area contributed by atoms with Crippen LogP contribution >= 0.6 is 0 Å². The Morgan fingerprint density at radius 3 is 1.96 bits per heavy atom. The SMILES string of the molecule is CC(C)OCCCN1CCN(S(=O)(=O)N2CCN(C)CC2)CC1. The lowest BCUT2D eigenvalue weighted by Crippen LogP contribution is -2.56. The molecule has 8 heteroatoms. The van der Waals surface area contributed by atoms with E-state index < -0.39 is 10.2 Å². The summed E-state index contributed by atoms with van der Waals surface area (Å²) in [6, 6.07) is 0. The Balaban J connectivity index is 1.73. The van der Waals surface area contributed by atoms with Gasteiger partial charge in [0.05, 0.1) is 6.10 Å². The number of hydrogen-bond donors (Lipinski definition) is 0. The molecule has 0 aliphatic carbocycles. The predicted octanol–water partition coefficient (Wildman–Crippen LogP) is -0.0887. The molecule has 0 bridgehead atoms. The molecule has 0 amide bonds. The zero-order valence-corrected chi connectivity index (χ0v) is 15.6. The van der Waals surface area contributed by atoms with Crippen molar-refractivity contribution >= 4 is 10.2 Å². The Morgan fingerprint density at radius 2 is 1.43 bits per heavy atom. The van der Waals surface area contributed by atoms with E-state index in [1.54, 1.807) is 8.61 Å². The average Bonchev–Trinajstić information content (AvgIpc) is 2.52. The summed E-state index contributed by atoms with van der Waals surface area (Å²) in [6.07, 6.45) is 1.28. The average molecular weight is 349 g/mol. The third-order valence-corrected chi connectivity index (χ3v) is 6.55. The molecule has 2 rings (SSSR count). The Bertz CT molecular complexity index is 442. The van der Waals surface area contributed by atoms with Gasteiger partial charge in [-0.2, -0.15) is 17.0 Å².